The molecule has 0 aliphatic carbocycles. The van der Waals surface area contributed by atoms with Crippen LogP contribution in [0.1, 0.15) is 36.8 Å². The molecule has 11 heteroatoms. The highest BCUT2D eigenvalue weighted by atomic mass is 35.5. The van der Waals surface area contributed by atoms with E-state index in [1.807, 2.05) is 18.4 Å². The van der Waals surface area contributed by atoms with E-state index in [4.69, 9.17) is 38.7 Å². The molecule has 0 fully saturated rings. The molecule has 1 amide bonds. The summed E-state index contributed by atoms with van der Waals surface area (Å²) in [6.07, 6.45) is -0.584. The summed E-state index contributed by atoms with van der Waals surface area (Å²) in [5.41, 5.74) is 6.44. The molecular weight excluding hydrogens is 487 g/mol. The highest BCUT2D eigenvalue weighted by molar-refractivity contribution is 7.99. The van der Waals surface area contributed by atoms with Gasteiger partial charge in [0.25, 0.3) is 5.69 Å². The molecule has 0 saturated carbocycles. The van der Waals surface area contributed by atoms with Crippen molar-refractivity contribution >= 4 is 46.7 Å². The van der Waals surface area contributed by atoms with Gasteiger partial charge in [-0.15, -0.1) is 0 Å². The van der Waals surface area contributed by atoms with Crippen molar-refractivity contribution in [2.45, 2.75) is 42.7 Å². The van der Waals surface area contributed by atoms with Crippen molar-refractivity contribution in [1.82, 2.24) is 9.55 Å². The number of ether oxygens (including phenoxy) is 1. The highest BCUT2D eigenvalue weighted by Crippen LogP contribution is 2.38. The zero-order valence-electron chi connectivity index (χ0n) is 18.0. The Morgan fingerprint density at radius 2 is 1.91 bits per heavy atom. The summed E-state index contributed by atoms with van der Waals surface area (Å²) < 4.78 is 6.81. The molecule has 3 rings (SSSR count). The minimum Gasteiger partial charge on any atom is -0.449 e. The van der Waals surface area contributed by atoms with Crippen LogP contribution in [0.5, 0.6) is 0 Å². The second-order valence-electron chi connectivity index (χ2n) is 7.47. The third-order valence-electron chi connectivity index (χ3n) is 4.71. The molecule has 174 valence electrons. The van der Waals surface area contributed by atoms with Gasteiger partial charge in [0.15, 0.2) is 0 Å². The Labute approximate surface area is 205 Å². The molecule has 2 N–H and O–H groups in total. The number of benzene rings is 2. The Hall–Kier alpha value is -2.75. The predicted molar refractivity (Wildman–Crippen MR) is 128 cm³/mol. The first kappa shape index (κ1) is 24.9. The van der Waals surface area contributed by atoms with Crippen LogP contribution in [-0.2, 0) is 17.7 Å². The van der Waals surface area contributed by atoms with Gasteiger partial charge in [-0.05, 0) is 24.1 Å². The number of hydrogen-bond donors (Lipinski definition) is 1. The number of primary amides is 1. The monoisotopic (exact) mass is 508 g/mol. The number of aromatic nitrogens is 2. The van der Waals surface area contributed by atoms with Crippen LogP contribution in [0.3, 0.4) is 0 Å². The molecule has 33 heavy (non-hydrogen) atoms. The molecule has 2 aromatic carbocycles. The summed E-state index contributed by atoms with van der Waals surface area (Å²) in [5.74, 6) is 0.679. The van der Waals surface area contributed by atoms with Gasteiger partial charge < -0.3 is 15.0 Å². The fourth-order valence-corrected chi connectivity index (χ4v) is 5.19. The lowest BCUT2D eigenvalue weighted by atomic mass is 10.1. The predicted octanol–water partition coefficient (Wildman–Crippen LogP) is 6.06. The number of rotatable bonds is 9. The number of nitro groups is 1. The van der Waals surface area contributed by atoms with Crippen LogP contribution in [-0.4, -0.2) is 27.2 Å². The first-order chi connectivity index (χ1) is 15.7. The van der Waals surface area contributed by atoms with Gasteiger partial charge in [-0.1, -0.05) is 67.0 Å². The maximum absolute atomic E-state index is 11.6. The number of nitro benzene ring substituents is 1. The molecule has 0 aliphatic heterocycles. The van der Waals surface area contributed by atoms with Crippen molar-refractivity contribution in [1.29, 1.82) is 0 Å². The van der Waals surface area contributed by atoms with Crippen LogP contribution in [0.2, 0.25) is 10.0 Å². The number of carbonyl (C=O) groups is 1. The van der Waals surface area contributed by atoms with E-state index in [1.165, 1.54) is 17.8 Å². The van der Waals surface area contributed by atoms with Crippen molar-refractivity contribution in [2.75, 3.05) is 6.61 Å². The Kier molecular flexibility index (Phi) is 8.23. The van der Waals surface area contributed by atoms with E-state index < -0.39 is 11.0 Å². The lowest BCUT2D eigenvalue weighted by Gasteiger charge is -2.14. The van der Waals surface area contributed by atoms with Gasteiger partial charge in [0.05, 0.1) is 17.2 Å². The summed E-state index contributed by atoms with van der Waals surface area (Å²) in [7, 11) is 0. The molecule has 0 spiro atoms. The van der Waals surface area contributed by atoms with Crippen LogP contribution in [0.15, 0.2) is 52.4 Å². The topological polar surface area (TPSA) is 113 Å². The SMILES string of the molecule is CC(C)c1nc(CCOC(N)=O)n(Cc2ccccc2[N+](=O)[O-])c1Sc1cc(Cl)cc(Cl)c1. The zero-order chi connectivity index (χ0) is 24.1. The van der Waals surface area contributed by atoms with Crippen molar-refractivity contribution in [3.63, 3.8) is 0 Å². The van der Waals surface area contributed by atoms with Gasteiger partial charge in [-0.25, -0.2) is 9.78 Å². The molecule has 0 radical (unpaired) electrons. The van der Waals surface area contributed by atoms with Crippen LogP contribution >= 0.6 is 35.0 Å². The quantitative estimate of drug-likeness (QED) is 0.277. The average Bonchev–Trinajstić information content (AvgIpc) is 3.04. The number of carbonyl (C=O) groups excluding carboxylic acids is 1. The number of hydrogen-bond acceptors (Lipinski definition) is 6. The number of imidazole rings is 1. The average molecular weight is 509 g/mol. The summed E-state index contributed by atoms with van der Waals surface area (Å²) in [4.78, 5) is 27.8. The Morgan fingerprint density at radius 3 is 2.52 bits per heavy atom. The normalized spacial score (nSPS) is 11.1. The van der Waals surface area contributed by atoms with E-state index in [2.05, 4.69) is 0 Å². The van der Waals surface area contributed by atoms with E-state index in [0.717, 1.165) is 15.6 Å². The van der Waals surface area contributed by atoms with Gasteiger partial charge in [0.2, 0.25) is 0 Å². The van der Waals surface area contributed by atoms with Gasteiger partial charge >= 0.3 is 6.09 Å². The van der Waals surface area contributed by atoms with Crippen molar-refractivity contribution in [3.05, 3.63) is 79.7 Å². The van der Waals surface area contributed by atoms with Crippen LogP contribution < -0.4 is 5.73 Å². The van der Waals surface area contributed by atoms with E-state index in [-0.39, 0.29) is 24.8 Å². The van der Waals surface area contributed by atoms with E-state index >= 15 is 0 Å². The zero-order valence-corrected chi connectivity index (χ0v) is 20.3. The maximum atomic E-state index is 11.6. The lowest BCUT2D eigenvalue weighted by Crippen LogP contribution is -2.16. The minimum atomic E-state index is -0.876. The molecule has 8 nitrogen and oxygen atoms in total. The van der Waals surface area contributed by atoms with Gasteiger partial charge in [-0.2, -0.15) is 0 Å². The summed E-state index contributed by atoms with van der Waals surface area (Å²) in [6.45, 7) is 4.26. The Bertz CT molecular complexity index is 1160. The maximum Gasteiger partial charge on any atom is 0.404 e. The second-order valence-corrected chi connectivity index (χ2v) is 9.40. The summed E-state index contributed by atoms with van der Waals surface area (Å²) in [5, 5.41) is 13.4. The summed E-state index contributed by atoms with van der Waals surface area (Å²) in [6, 6.07) is 11.8. The lowest BCUT2D eigenvalue weighted by molar-refractivity contribution is -0.385. The smallest absolute Gasteiger partial charge is 0.404 e. The molecule has 3 aromatic rings. The molecule has 0 saturated heterocycles. The first-order valence-electron chi connectivity index (χ1n) is 10.0. The number of amides is 1. The molecule has 1 aromatic heterocycles. The third kappa shape index (κ3) is 6.40. The van der Waals surface area contributed by atoms with Crippen LogP contribution in [0.4, 0.5) is 10.5 Å². The largest absolute Gasteiger partial charge is 0.449 e. The van der Waals surface area contributed by atoms with E-state index in [0.29, 0.717) is 27.9 Å². The molecule has 1 heterocycles. The molecular formula is C22H22Cl2N4O4S. The van der Waals surface area contributed by atoms with E-state index in [1.54, 1.807) is 36.4 Å². The van der Waals surface area contributed by atoms with Crippen molar-refractivity contribution in [3.8, 4) is 0 Å². The van der Waals surface area contributed by atoms with Gasteiger partial charge in [-0.3, -0.25) is 10.1 Å². The van der Waals surface area contributed by atoms with Crippen molar-refractivity contribution < 1.29 is 14.5 Å². The van der Waals surface area contributed by atoms with Gasteiger partial charge in [0, 0.05) is 33.0 Å². The van der Waals surface area contributed by atoms with Crippen molar-refractivity contribution in [2.24, 2.45) is 5.73 Å². The molecule has 0 unspecified atom stereocenters. The second kappa shape index (κ2) is 10.9. The minimum absolute atomic E-state index is 0.0124. The third-order valence-corrected chi connectivity index (χ3v) is 6.24. The fourth-order valence-electron chi connectivity index (χ4n) is 3.28. The van der Waals surface area contributed by atoms with Gasteiger partial charge in [0.1, 0.15) is 17.5 Å². The molecule has 0 aliphatic rings. The molecule has 0 atom stereocenters. The number of nitrogens with two attached hydrogens (primary N) is 1. The number of para-hydroxylation sites is 1. The molecule has 0 bridgehead atoms. The standard InChI is InChI=1S/C22H22Cl2N4O4S/c1-13(2)20-21(33-17-10-15(23)9-16(24)11-17)27(19(26-20)7-8-32-22(25)29)12-14-5-3-4-6-18(14)28(30)31/h3-6,9-11,13H,7-8,12H2,1-2H3,(H2,25,29). The number of nitrogens with zero attached hydrogens (tertiary/aromatic N) is 3. The fraction of sp³-hybridized carbons (Fsp3) is 0.273. The Morgan fingerprint density at radius 1 is 1.24 bits per heavy atom. The highest BCUT2D eigenvalue weighted by Gasteiger charge is 2.23. The number of halogens is 2. The first-order valence-corrected chi connectivity index (χ1v) is 11.6. The van der Waals surface area contributed by atoms with Crippen LogP contribution in [0, 0.1) is 10.1 Å². The Balaban J connectivity index is 2.11. The summed E-state index contributed by atoms with van der Waals surface area (Å²) >= 11 is 13.8. The van der Waals surface area contributed by atoms with E-state index in [9.17, 15) is 14.9 Å². The van der Waals surface area contributed by atoms with Crippen LogP contribution in [0.25, 0.3) is 0 Å².